The van der Waals surface area contributed by atoms with Gasteiger partial charge in [0.05, 0.1) is 0 Å². The molecule has 43 valence electrons. The number of hydrogen-bond acceptors (Lipinski definition) is 2. The van der Waals surface area contributed by atoms with E-state index in [0.717, 1.165) is 0 Å². The fourth-order valence-electron chi connectivity index (χ4n) is 0. The van der Waals surface area contributed by atoms with Crippen molar-refractivity contribution in [3.05, 3.63) is 0 Å². The van der Waals surface area contributed by atoms with E-state index in [9.17, 15) is 8.42 Å². The van der Waals surface area contributed by atoms with Crippen molar-refractivity contribution < 1.29 is 25.5 Å². The van der Waals surface area contributed by atoms with Gasteiger partial charge in [-0.2, -0.15) is 8.42 Å². The number of nitrogens with two attached hydrogens (primary N) is 2. The Labute approximate surface area is 46.5 Å². The van der Waals surface area contributed by atoms with Crippen molar-refractivity contribution in [3.8, 4) is 0 Å². The monoisotopic (exact) mass is 159 g/mol. The molecule has 0 rings (SSSR count). The maximum Gasteiger partial charge on any atom is 0.271 e. The van der Waals surface area contributed by atoms with Crippen molar-refractivity contribution >= 4 is 10.2 Å². The summed E-state index contributed by atoms with van der Waals surface area (Å²) in [5, 5.41) is 8.21. The van der Waals surface area contributed by atoms with Gasteiger partial charge < -0.3 is 0 Å². The molecule has 0 unspecified atom stereocenters. The van der Waals surface area contributed by atoms with Crippen molar-refractivity contribution in [2.24, 2.45) is 10.3 Å². The Kier molecular flexibility index (Phi) is 4.08. The van der Waals surface area contributed by atoms with Crippen LogP contribution in [-0.2, 0) is 27.3 Å². The Balaban J connectivity index is 0. The second-order valence-corrected chi connectivity index (χ2v) is 1.77. The fourth-order valence-corrected chi connectivity index (χ4v) is 0. The van der Waals surface area contributed by atoms with Crippen molar-refractivity contribution in [3.63, 3.8) is 0 Å². The van der Waals surface area contributed by atoms with Crippen LogP contribution in [0.3, 0.4) is 0 Å². The third-order valence-corrected chi connectivity index (χ3v) is 0. The van der Waals surface area contributed by atoms with Crippen LogP contribution in [0.25, 0.3) is 0 Å². The Bertz CT molecular complexity index is 94.7. The molecule has 0 aromatic carbocycles. The van der Waals surface area contributed by atoms with E-state index >= 15 is 0 Å². The molecule has 0 spiro atoms. The summed E-state index contributed by atoms with van der Waals surface area (Å²) in [4.78, 5) is 0. The molecule has 4 nitrogen and oxygen atoms in total. The van der Waals surface area contributed by atoms with Gasteiger partial charge in [-0.25, -0.2) is 10.3 Å². The summed E-state index contributed by atoms with van der Waals surface area (Å²) in [7, 11) is -3.67. The smallest absolute Gasteiger partial charge is 0.216 e. The first-order valence-electron chi connectivity index (χ1n) is 0.805. The second-order valence-electron chi connectivity index (χ2n) is 0.589. The summed E-state index contributed by atoms with van der Waals surface area (Å²) >= 11 is 0. The van der Waals surface area contributed by atoms with E-state index in [-0.39, 0.29) is 17.1 Å². The van der Waals surface area contributed by atoms with E-state index < -0.39 is 10.2 Å². The molecule has 0 bridgehead atoms. The van der Waals surface area contributed by atoms with Crippen molar-refractivity contribution in [1.29, 1.82) is 0 Å². The molecule has 0 aliphatic heterocycles. The van der Waals surface area contributed by atoms with Crippen molar-refractivity contribution in [2.45, 2.75) is 0 Å². The van der Waals surface area contributed by atoms with Gasteiger partial charge in [0.15, 0.2) is 0 Å². The molecule has 0 heterocycles. The van der Waals surface area contributed by atoms with Crippen LogP contribution in [-0.4, -0.2) is 8.42 Å². The number of hydrogen-bond donors (Lipinski definition) is 2. The zero-order valence-corrected chi connectivity index (χ0v) is 4.44. The predicted octanol–water partition coefficient (Wildman–Crippen LogP) is -1.85. The molecule has 4 N–H and O–H groups in total. The van der Waals surface area contributed by atoms with Crippen LogP contribution in [0.5, 0.6) is 0 Å². The van der Waals surface area contributed by atoms with Gasteiger partial charge in [0.25, 0.3) is 10.2 Å². The van der Waals surface area contributed by atoms with Gasteiger partial charge in [-0.15, -0.1) is 0 Å². The number of rotatable bonds is 0. The average molecular weight is 160 g/mol. The molecule has 0 saturated heterocycles. The van der Waals surface area contributed by atoms with Crippen LogP contribution >= 0.6 is 0 Å². The SMILES string of the molecule is NS(N)(=O)=O.[Cu]. The topological polar surface area (TPSA) is 86.2 Å². The molecule has 0 aromatic heterocycles. The van der Waals surface area contributed by atoms with E-state index in [1.807, 2.05) is 0 Å². The summed E-state index contributed by atoms with van der Waals surface area (Å²) < 4.78 is 18.4. The molecule has 0 atom stereocenters. The van der Waals surface area contributed by atoms with E-state index in [1.165, 1.54) is 0 Å². The molecule has 6 heteroatoms. The van der Waals surface area contributed by atoms with Gasteiger partial charge in [0.1, 0.15) is 0 Å². The Morgan fingerprint density at radius 2 is 1.17 bits per heavy atom. The standard InChI is InChI=1S/Cu.H4N2O2S/c;1-5(2,3)4/h;(H4,1,2,3,4). The molecule has 0 aromatic rings. The summed E-state index contributed by atoms with van der Waals surface area (Å²) in [6, 6.07) is 0. The van der Waals surface area contributed by atoms with Crippen LogP contribution in [0.2, 0.25) is 0 Å². The average Bonchev–Trinajstić information content (AvgIpc) is 0.722. The first-order chi connectivity index (χ1) is 2.00. The normalized spacial score (nSPS) is 9.67. The Morgan fingerprint density at radius 1 is 1.17 bits per heavy atom. The van der Waals surface area contributed by atoms with E-state index in [4.69, 9.17) is 0 Å². The molecule has 0 aliphatic carbocycles. The first kappa shape index (κ1) is 9.63. The van der Waals surface area contributed by atoms with E-state index in [1.54, 1.807) is 0 Å². The summed E-state index contributed by atoms with van der Waals surface area (Å²) in [5.41, 5.74) is 0. The minimum Gasteiger partial charge on any atom is -0.216 e. The minimum absolute atomic E-state index is 0. The van der Waals surface area contributed by atoms with Gasteiger partial charge in [-0.3, -0.25) is 0 Å². The summed E-state index contributed by atoms with van der Waals surface area (Å²) in [6.07, 6.45) is 0. The largest absolute Gasteiger partial charge is 0.271 e. The van der Waals surface area contributed by atoms with Crippen molar-refractivity contribution in [1.82, 2.24) is 0 Å². The molecule has 0 fully saturated rings. The predicted molar refractivity (Wildman–Crippen MR) is 17.3 cm³/mol. The van der Waals surface area contributed by atoms with Gasteiger partial charge >= 0.3 is 0 Å². The maximum absolute atomic E-state index is 9.19. The van der Waals surface area contributed by atoms with E-state index in [2.05, 4.69) is 10.3 Å². The van der Waals surface area contributed by atoms with Crippen LogP contribution in [0, 0.1) is 0 Å². The van der Waals surface area contributed by atoms with Crippen LogP contribution in [0.1, 0.15) is 0 Å². The van der Waals surface area contributed by atoms with Gasteiger partial charge in [-0.05, 0) is 0 Å². The quantitative estimate of drug-likeness (QED) is 0.407. The van der Waals surface area contributed by atoms with Gasteiger partial charge in [0, 0.05) is 17.1 Å². The summed E-state index contributed by atoms with van der Waals surface area (Å²) in [5.74, 6) is 0. The summed E-state index contributed by atoms with van der Waals surface area (Å²) in [6.45, 7) is 0. The van der Waals surface area contributed by atoms with Gasteiger partial charge in [-0.1, -0.05) is 0 Å². The van der Waals surface area contributed by atoms with Crippen LogP contribution in [0.4, 0.5) is 0 Å². The first-order valence-corrected chi connectivity index (χ1v) is 2.41. The Morgan fingerprint density at radius 3 is 1.17 bits per heavy atom. The molecule has 0 saturated carbocycles. The maximum atomic E-state index is 9.19. The Hall–Kier alpha value is 0.389. The minimum atomic E-state index is -3.67. The van der Waals surface area contributed by atoms with Crippen LogP contribution in [0.15, 0.2) is 0 Å². The zero-order valence-electron chi connectivity index (χ0n) is 2.68. The molecular formula is H4CuN2O2S. The zero-order chi connectivity index (χ0) is 4.50. The second kappa shape index (κ2) is 2.54. The third-order valence-electron chi connectivity index (χ3n) is 0. The fraction of sp³-hybridized carbons (Fsp3) is 0. The molecule has 0 amide bonds. The molecular weight excluding hydrogens is 156 g/mol. The molecule has 0 aliphatic rings. The van der Waals surface area contributed by atoms with Crippen LogP contribution < -0.4 is 10.3 Å². The van der Waals surface area contributed by atoms with E-state index in [0.29, 0.717) is 0 Å². The third kappa shape index (κ3) is 332. The molecule has 1 radical (unpaired) electrons. The molecule has 6 heavy (non-hydrogen) atoms. The van der Waals surface area contributed by atoms with Crippen molar-refractivity contribution in [2.75, 3.05) is 0 Å². The van der Waals surface area contributed by atoms with Gasteiger partial charge in [0.2, 0.25) is 0 Å².